The second-order valence-electron chi connectivity index (χ2n) is 6.76. The van der Waals surface area contributed by atoms with Crippen LogP contribution in [0.5, 0.6) is 0 Å². The summed E-state index contributed by atoms with van der Waals surface area (Å²) in [6.45, 7) is 3.33. The maximum Gasteiger partial charge on any atom is 0.135 e. The van der Waals surface area contributed by atoms with E-state index in [9.17, 15) is 0 Å². The topological polar surface area (TPSA) is 25.2 Å². The summed E-state index contributed by atoms with van der Waals surface area (Å²) in [4.78, 5) is 0. The Kier molecular flexibility index (Phi) is 7.15. The van der Waals surface area contributed by atoms with Crippen molar-refractivity contribution in [2.24, 2.45) is 0 Å². The first-order valence-corrected chi connectivity index (χ1v) is 10.1. The minimum absolute atomic E-state index is 0. The number of benzene rings is 3. The van der Waals surface area contributed by atoms with Crippen LogP contribution in [0.3, 0.4) is 0 Å². The van der Waals surface area contributed by atoms with Crippen molar-refractivity contribution in [1.29, 1.82) is 0 Å². The summed E-state index contributed by atoms with van der Waals surface area (Å²) >= 11 is 18.2. The summed E-state index contributed by atoms with van der Waals surface area (Å²) < 4.78 is 6.18. The highest BCUT2D eigenvalue weighted by Crippen LogP contribution is 2.36. The molecule has 2 nitrogen and oxygen atoms in total. The van der Waals surface area contributed by atoms with Gasteiger partial charge in [0.05, 0.1) is 16.6 Å². The number of nitrogens with one attached hydrogen (secondary N) is 1. The fraction of sp³-hybridized carbons (Fsp3) is 0.130. The van der Waals surface area contributed by atoms with Crippen LogP contribution in [0.25, 0.3) is 22.1 Å². The van der Waals surface area contributed by atoms with Crippen molar-refractivity contribution in [3.05, 3.63) is 92.6 Å². The Bertz CT molecular complexity index is 1140. The molecule has 0 saturated carbocycles. The number of hydrogen-bond acceptors (Lipinski definition) is 2. The van der Waals surface area contributed by atoms with Crippen molar-refractivity contribution in [2.75, 3.05) is 0 Å². The molecule has 0 atom stereocenters. The van der Waals surface area contributed by atoms with Crippen LogP contribution >= 0.6 is 47.2 Å². The highest BCUT2D eigenvalue weighted by atomic mass is 35.5. The molecular formula is C23H19Cl4NO. The molecule has 0 saturated heterocycles. The fourth-order valence-corrected chi connectivity index (χ4v) is 3.74. The molecule has 1 heterocycles. The molecule has 6 heteroatoms. The molecule has 0 bridgehead atoms. The zero-order chi connectivity index (χ0) is 19.7. The van der Waals surface area contributed by atoms with E-state index in [0.717, 1.165) is 33.4 Å². The average molecular weight is 467 g/mol. The Balaban J connectivity index is 0.00000240. The van der Waals surface area contributed by atoms with E-state index in [0.29, 0.717) is 28.2 Å². The average Bonchev–Trinajstić information content (AvgIpc) is 3.03. The molecule has 0 aliphatic rings. The Morgan fingerprint density at radius 3 is 2.31 bits per heavy atom. The first-order valence-electron chi connectivity index (χ1n) is 8.94. The Hall–Kier alpha value is -1.68. The van der Waals surface area contributed by atoms with E-state index >= 15 is 0 Å². The zero-order valence-electron chi connectivity index (χ0n) is 15.6. The summed E-state index contributed by atoms with van der Waals surface area (Å²) in [6, 6.07) is 19.7. The summed E-state index contributed by atoms with van der Waals surface area (Å²) in [6.07, 6.45) is 0. The van der Waals surface area contributed by atoms with Crippen LogP contribution < -0.4 is 5.32 Å². The molecule has 4 rings (SSSR count). The van der Waals surface area contributed by atoms with E-state index in [2.05, 4.69) is 24.4 Å². The van der Waals surface area contributed by atoms with Gasteiger partial charge in [0.2, 0.25) is 0 Å². The molecule has 0 fully saturated rings. The van der Waals surface area contributed by atoms with Gasteiger partial charge in [0.1, 0.15) is 11.3 Å². The second-order valence-corrected chi connectivity index (χ2v) is 8.01. The van der Waals surface area contributed by atoms with E-state index in [1.54, 1.807) is 0 Å². The monoisotopic (exact) mass is 465 g/mol. The lowest BCUT2D eigenvalue weighted by molar-refractivity contribution is 0.515. The largest absolute Gasteiger partial charge is 0.459 e. The Morgan fingerprint density at radius 1 is 0.828 bits per heavy atom. The van der Waals surface area contributed by atoms with Gasteiger partial charge in [-0.1, -0.05) is 64.6 Å². The smallest absolute Gasteiger partial charge is 0.135 e. The molecule has 1 aromatic heterocycles. The van der Waals surface area contributed by atoms with Crippen molar-refractivity contribution < 1.29 is 4.42 Å². The van der Waals surface area contributed by atoms with Crippen molar-refractivity contribution in [3.8, 4) is 11.1 Å². The van der Waals surface area contributed by atoms with E-state index in [4.69, 9.17) is 39.2 Å². The molecule has 29 heavy (non-hydrogen) atoms. The molecule has 0 aliphatic carbocycles. The first kappa shape index (κ1) is 22.0. The van der Waals surface area contributed by atoms with Crippen molar-refractivity contribution in [1.82, 2.24) is 5.32 Å². The van der Waals surface area contributed by atoms with Gasteiger partial charge in [-0.05, 0) is 54.4 Å². The predicted molar refractivity (Wildman–Crippen MR) is 126 cm³/mol. The summed E-state index contributed by atoms with van der Waals surface area (Å²) in [7, 11) is 0. The highest BCUT2D eigenvalue weighted by molar-refractivity contribution is 6.42. The van der Waals surface area contributed by atoms with Crippen molar-refractivity contribution in [3.63, 3.8) is 0 Å². The molecule has 0 amide bonds. The van der Waals surface area contributed by atoms with Gasteiger partial charge in [-0.15, -0.1) is 12.4 Å². The third kappa shape index (κ3) is 4.91. The fourth-order valence-electron chi connectivity index (χ4n) is 3.29. The Morgan fingerprint density at radius 2 is 1.59 bits per heavy atom. The number of rotatable bonds is 5. The summed E-state index contributed by atoms with van der Waals surface area (Å²) in [5.41, 5.74) is 5.31. The van der Waals surface area contributed by atoms with Crippen molar-refractivity contribution in [2.45, 2.75) is 20.0 Å². The minimum atomic E-state index is 0. The normalized spacial score (nSPS) is 10.9. The van der Waals surface area contributed by atoms with Crippen LogP contribution in [0, 0.1) is 6.92 Å². The SMILES string of the molecule is Cc1ccc2oc(CNCc3ccc(Cl)c(Cl)c3)c(-c3ccc(Cl)cc3)c2c1.Cl. The molecular weight excluding hydrogens is 448 g/mol. The van der Waals surface area contributed by atoms with Crippen molar-refractivity contribution >= 4 is 58.2 Å². The predicted octanol–water partition coefficient (Wildman–Crippen LogP) is 8.08. The van der Waals surface area contributed by atoms with Crippen LogP contribution in [0.15, 0.2) is 65.1 Å². The van der Waals surface area contributed by atoms with E-state index in [1.165, 1.54) is 5.56 Å². The van der Waals surface area contributed by atoms with Gasteiger partial charge in [-0.3, -0.25) is 0 Å². The second kappa shape index (κ2) is 9.42. The Labute approximate surface area is 191 Å². The standard InChI is InChI=1S/C23H18Cl3NO.ClH/c1-14-2-9-21-18(10-14)23(16-4-6-17(24)7-5-16)22(28-21)13-27-12-15-3-8-19(25)20(26)11-15;/h2-11,27H,12-13H2,1H3;1H. The van der Waals surface area contributed by atoms with Gasteiger partial charge < -0.3 is 9.73 Å². The van der Waals surface area contributed by atoms with Gasteiger partial charge in [0.25, 0.3) is 0 Å². The molecule has 150 valence electrons. The lowest BCUT2D eigenvalue weighted by Gasteiger charge is -2.07. The summed E-state index contributed by atoms with van der Waals surface area (Å²) in [5, 5.41) is 6.38. The third-order valence-electron chi connectivity index (χ3n) is 4.65. The van der Waals surface area contributed by atoms with Crippen LogP contribution in [0.2, 0.25) is 15.1 Å². The molecule has 3 aromatic carbocycles. The molecule has 0 radical (unpaired) electrons. The van der Waals surface area contributed by atoms with Gasteiger partial charge in [0.15, 0.2) is 0 Å². The lowest BCUT2D eigenvalue weighted by atomic mass is 10.0. The van der Waals surface area contributed by atoms with Crippen LogP contribution in [-0.2, 0) is 13.1 Å². The van der Waals surface area contributed by atoms with Crippen LogP contribution in [0.1, 0.15) is 16.9 Å². The third-order valence-corrected chi connectivity index (χ3v) is 5.64. The first-order chi connectivity index (χ1) is 13.5. The van der Waals surface area contributed by atoms with Gasteiger partial charge in [-0.2, -0.15) is 0 Å². The van der Waals surface area contributed by atoms with E-state index in [1.807, 2.05) is 48.5 Å². The van der Waals surface area contributed by atoms with Crippen LogP contribution in [0.4, 0.5) is 0 Å². The maximum atomic E-state index is 6.18. The van der Waals surface area contributed by atoms with Gasteiger partial charge in [0, 0.05) is 22.5 Å². The molecule has 1 N–H and O–H groups in total. The highest BCUT2D eigenvalue weighted by Gasteiger charge is 2.16. The number of aryl methyl sites for hydroxylation is 1. The molecule has 0 spiro atoms. The van der Waals surface area contributed by atoms with Gasteiger partial charge in [-0.25, -0.2) is 0 Å². The number of fused-ring (bicyclic) bond motifs is 1. The zero-order valence-corrected chi connectivity index (χ0v) is 18.7. The van der Waals surface area contributed by atoms with Gasteiger partial charge >= 0.3 is 0 Å². The molecule has 0 aliphatic heterocycles. The minimum Gasteiger partial charge on any atom is -0.459 e. The maximum absolute atomic E-state index is 6.18. The molecule has 4 aromatic rings. The van der Waals surface area contributed by atoms with E-state index < -0.39 is 0 Å². The summed E-state index contributed by atoms with van der Waals surface area (Å²) in [5.74, 6) is 0.892. The number of hydrogen-bond donors (Lipinski definition) is 1. The number of furan rings is 1. The van der Waals surface area contributed by atoms with Crippen LogP contribution in [-0.4, -0.2) is 0 Å². The molecule has 0 unspecified atom stereocenters. The lowest BCUT2D eigenvalue weighted by Crippen LogP contribution is -2.12. The quantitative estimate of drug-likeness (QED) is 0.321. The van der Waals surface area contributed by atoms with E-state index in [-0.39, 0.29) is 12.4 Å². The number of halogens is 4.